The maximum absolute atomic E-state index is 2.14. The second-order valence-electron chi connectivity index (χ2n) is 1.35. The molecule has 0 saturated carbocycles. The van der Waals surface area contributed by atoms with Crippen LogP contribution in [0.5, 0.6) is 0 Å². The largest absolute Gasteiger partial charge is 0.363 e. The molecule has 0 fully saturated rings. The van der Waals surface area contributed by atoms with Crippen LogP contribution < -0.4 is 0 Å². The molecule has 0 aromatic heterocycles. The lowest BCUT2D eigenvalue weighted by Gasteiger charge is -2.07. The van der Waals surface area contributed by atoms with Gasteiger partial charge in [0.2, 0.25) is 0 Å². The average molecular weight is 114 g/mol. The normalized spacial score (nSPS) is 18.7. The van der Waals surface area contributed by atoms with Gasteiger partial charge in [-0.25, -0.2) is 0 Å². The van der Waals surface area contributed by atoms with Crippen molar-refractivity contribution in [2.75, 3.05) is 5.88 Å². The summed E-state index contributed by atoms with van der Waals surface area (Å²) in [4.78, 5) is 2.14. The van der Waals surface area contributed by atoms with Crippen molar-refractivity contribution >= 4 is 11.8 Å². The highest BCUT2D eigenvalue weighted by Crippen LogP contribution is 2.14. The van der Waals surface area contributed by atoms with Crippen LogP contribution in [0.3, 0.4) is 0 Å². The smallest absolute Gasteiger partial charge is 0.0678 e. The number of rotatable bonds is 1. The highest BCUT2D eigenvalue weighted by Gasteiger charge is 1.98. The van der Waals surface area contributed by atoms with Crippen molar-refractivity contribution in [1.29, 1.82) is 0 Å². The van der Waals surface area contributed by atoms with Gasteiger partial charge in [0.05, 0.1) is 5.88 Å². The summed E-state index contributed by atoms with van der Waals surface area (Å²) in [6.45, 7) is 4.10. The minimum atomic E-state index is 1.09. The van der Waals surface area contributed by atoms with Crippen molar-refractivity contribution in [3.8, 4) is 0 Å². The summed E-state index contributed by atoms with van der Waals surface area (Å²) in [5, 5.41) is 2.10. The first kappa shape index (κ1) is 5.04. The maximum atomic E-state index is 2.14. The van der Waals surface area contributed by atoms with Crippen molar-refractivity contribution in [2.24, 2.45) is 0 Å². The van der Waals surface area contributed by atoms with E-state index in [1.54, 1.807) is 0 Å². The molecule has 0 amide bonds. The van der Waals surface area contributed by atoms with E-state index in [0.29, 0.717) is 0 Å². The molecule has 0 aromatic rings. The molecule has 0 bridgehead atoms. The fraction of sp³-hybridized carbons (Fsp3) is 0.400. The lowest BCUT2D eigenvalue weighted by molar-refractivity contribution is 0.549. The first-order chi connectivity index (χ1) is 3.43. The van der Waals surface area contributed by atoms with Crippen LogP contribution in [-0.4, -0.2) is 10.8 Å². The monoisotopic (exact) mass is 114 g/mol. The Labute approximate surface area is 48.4 Å². The van der Waals surface area contributed by atoms with Crippen LogP contribution in [0.2, 0.25) is 0 Å². The highest BCUT2D eigenvalue weighted by molar-refractivity contribution is 8.02. The van der Waals surface area contributed by atoms with Gasteiger partial charge in [-0.3, -0.25) is 0 Å². The van der Waals surface area contributed by atoms with Crippen LogP contribution in [-0.2, 0) is 0 Å². The molecule has 39 valence electrons. The van der Waals surface area contributed by atoms with Crippen LogP contribution in [0.25, 0.3) is 0 Å². The molecular weight excluding hydrogens is 106 g/mol. The third kappa shape index (κ3) is 1.13. The topological polar surface area (TPSA) is 3.24 Å². The molecule has 0 atom stereocenters. The fourth-order valence-corrected chi connectivity index (χ4v) is 1.19. The molecule has 7 heavy (non-hydrogen) atoms. The zero-order valence-electron chi connectivity index (χ0n) is 4.29. The molecule has 0 spiro atoms. The van der Waals surface area contributed by atoms with Crippen molar-refractivity contribution in [3.05, 3.63) is 18.2 Å². The van der Waals surface area contributed by atoms with E-state index in [1.165, 1.54) is 0 Å². The second kappa shape index (κ2) is 2.26. The van der Waals surface area contributed by atoms with Crippen molar-refractivity contribution < 1.29 is 0 Å². The summed E-state index contributed by atoms with van der Waals surface area (Å²) in [7, 11) is 0. The van der Waals surface area contributed by atoms with E-state index >= 15 is 0 Å². The minimum absolute atomic E-state index is 1.09. The Hall–Kier alpha value is -0.110. The first-order valence-electron chi connectivity index (χ1n) is 2.27. The van der Waals surface area contributed by atoms with Crippen LogP contribution in [0.15, 0.2) is 11.6 Å². The molecule has 0 N–H and O–H groups in total. The Morgan fingerprint density at radius 2 is 2.71 bits per heavy atom. The van der Waals surface area contributed by atoms with Crippen LogP contribution in [0.1, 0.15) is 6.92 Å². The molecule has 1 aliphatic rings. The predicted octanol–water partition coefficient (Wildman–Crippen LogP) is 1.65. The quantitative estimate of drug-likeness (QED) is 0.510. The van der Waals surface area contributed by atoms with Crippen molar-refractivity contribution in [1.82, 2.24) is 4.90 Å². The molecule has 1 aliphatic heterocycles. The van der Waals surface area contributed by atoms with Gasteiger partial charge >= 0.3 is 0 Å². The summed E-state index contributed by atoms with van der Waals surface area (Å²) in [5.41, 5.74) is 0. The standard InChI is InChI=1S/C5H8NS/c1-2-6-3-4-7-5-6/h2-4H,5H2,1H3. The SMILES string of the molecule is C[CH]N1C=CSC1. The van der Waals surface area contributed by atoms with Gasteiger partial charge in [-0.1, -0.05) is 0 Å². The molecule has 0 aliphatic carbocycles. The third-order valence-corrected chi connectivity index (χ3v) is 1.67. The summed E-state index contributed by atoms with van der Waals surface area (Å²) in [6.07, 6.45) is 2.07. The molecule has 2 heteroatoms. The summed E-state index contributed by atoms with van der Waals surface area (Å²) < 4.78 is 0. The van der Waals surface area contributed by atoms with E-state index in [-0.39, 0.29) is 0 Å². The Morgan fingerprint density at radius 1 is 1.86 bits per heavy atom. The van der Waals surface area contributed by atoms with Gasteiger partial charge in [-0.05, 0) is 12.3 Å². The molecule has 1 heterocycles. The van der Waals surface area contributed by atoms with Gasteiger partial charge in [0, 0.05) is 12.7 Å². The number of nitrogens with zero attached hydrogens (tertiary/aromatic N) is 1. The average Bonchev–Trinajstić information content (AvgIpc) is 2.14. The van der Waals surface area contributed by atoms with E-state index in [0.717, 1.165) is 5.88 Å². The summed E-state index contributed by atoms with van der Waals surface area (Å²) in [6, 6.07) is 0. The van der Waals surface area contributed by atoms with Gasteiger partial charge in [-0.15, -0.1) is 11.8 Å². The maximum Gasteiger partial charge on any atom is 0.0678 e. The Kier molecular flexibility index (Phi) is 1.63. The summed E-state index contributed by atoms with van der Waals surface area (Å²) in [5.74, 6) is 1.09. The van der Waals surface area contributed by atoms with Gasteiger partial charge < -0.3 is 4.90 Å². The second-order valence-corrected chi connectivity index (χ2v) is 2.22. The van der Waals surface area contributed by atoms with Crippen LogP contribution in [0.4, 0.5) is 0 Å². The van der Waals surface area contributed by atoms with E-state index in [2.05, 4.69) is 23.1 Å². The Morgan fingerprint density at radius 3 is 3.00 bits per heavy atom. The zero-order valence-corrected chi connectivity index (χ0v) is 5.11. The van der Waals surface area contributed by atoms with Gasteiger partial charge in [0.15, 0.2) is 0 Å². The lowest BCUT2D eigenvalue weighted by Crippen LogP contribution is -2.05. The molecule has 0 saturated heterocycles. The third-order valence-electron chi connectivity index (χ3n) is 0.904. The van der Waals surface area contributed by atoms with E-state index in [9.17, 15) is 0 Å². The van der Waals surface area contributed by atoms with E-state index < -0.39 is 0 Å². The van der Waals surface area contributed by atoms with E-state index in [4.69, 9.17) is 0 Å². The Bertz CT molecular complexity index is 80.1. The number of hydrogen-bond acceptors (Lipinski definition) is 2. The Balaban J connectivity index is 2.28. The van der Waals surface area contributed by atoms with Gasteiger partial charge in [0.25, 0.3) is 0 Å². The van der Waals surface area contributed by atoms with Crippen LogP contribution >= 0.6 is 11.8 Å². The predicted molar refractivity (Wildman–Crippen MR) is 33.4 cm³/mol. The van der Waals surface area contributed by atoms with Gasteiger partial charge in [0.1, 0.15) is 0 Å². The molecule has 0 unspecified atom stereocenters. The fourth-order valence-electron chi connectivity index (χ4n) is 0.454. The van der Waals surface area contributed by atoms with Crippen molar-refractivity contribution in [3.63, 3.8) is 0 Å². The summed E-state index contributed by atoms with van der Waals surface area (Å²) >= 11 is 1.82. The molecule has 1 nitrogen and oxygen atoms in total. The number of thioether (sulfide) groups is 1. The molecule has 1 radical (unpaired) electrons. The molecule has 0 aromatic carbocycles. The number of hydrogen-bond donors (Lipinski definition) is 0. The molecule has 1 rings (SSSR count). The van der Waals surface area contributed by atoms with Crippen LogP contribution in [0, 0.1) is 6.54 Å². The molecular formula is C5H8NS. The van der Waals surface area contributed by atoms with E-state index in [1.807, 2.05) is 18.7 Å². The van der Waals surface area contributed by atoms with Crippen molar-refractivity contribution in [2.45, 2.75) is 6.92 Å². The first-order valence-corrected chi connectivity index (χ1v) is 3.32. The zero-order chi connectivity index (χ0) is 5.11. The minimum Gasteiger partial charge on any atom is -0.363 e. The lowest BCUT2D eigenvalue weighted by atomic mass is 10.7. The highest BCUT2D eigenvalue weighted by atomic mass is 32.2. The van der Waals surface area contributed by atoms with Gasteiger partial charge in [-0.2, -0.15) is 0 Å².